The summed E-state index contributed by atoms with van der Waals surface area (Å²) in [5.74, 6) is -2.00. The van der Waals surface area contributed by atoms with E-state index in [0.29, 0.717) is 0 Å². The molecule has 0 radical (unpaired) electrons. The van der Waals surface area contributed by atoms with Crippen molar-refractivity contribution >= 4 is 23.4 Å². The first-order valence-electron chi connectivity index (χ1n) is 5.69. The molecule has 0 spiro atoms. The molecule has 0 saturated carbocycles. The Hall–Kier alpha value is -2.40. The van der Waals surface area contributed by atoms with Crippen LogP contribution in [0.5, 0.6) is 0 Å². The van der Waals surface area contributed by atoms with Crippen LogP contribution < -0.4 is 10.9 Å². The van der Waals surface area contributed by atoms with Crippen LogP contribution >= 0.6 is 11.6 Å². The van der Waals surface area contributed by atoms with E-state index < -0.39 is 17.6 Å². The van der Waals surface area contributed by atoms with Gasteiger partial charge in [0.2, 0.25) is 0 Å². The normalized spacial score (nSPS) is 9.90. The fraction of sp³-hybridized carbons (Fsp3) is 0. The van der Waals surface area contributed by atoms with Gasteiger partial charge in [-0.05, 0) is 24.3 Å². The number of carbonyl (C=O) groups excluding carboxylic acids is 2. The first-order valence-corrected chi connectivity index (χ1v) is 6.07. The smallest absolute Gasteiger partial charge is 0.267 e. The summed E-state index contributed by atoms with van der Waals surface area (Å²) in [5.41, 5.74) is 4.35. The minimum absolute atomic E-state index is 0.160. The van der Waals surface area contributed by atoms with E-state index in [9.17, 15) is 14.0 Å². The number of rotatable bonds is 2. The van der Waals surface area contributed by atoms with Gasteiger partial charge in [-0.1, -0.05) is 35.9 Å². The van der Waals surface area contributed by atoms with Crippen LogP contribution in [0.4, 0.5) is 4.39 Å². The molecule has 0 unspecified atom stereocenters. The summed E-state index contributed by atoms with van der Waals surface area (Å²) in [4.78, 5) is 23.5. The van der Waals surface area contributed by atoms with E-state index in [1.807, 2.05) is 0 Å². The molecule has 2 N–H and O–H groups in total. The third-order valence-corrected chi connectivity index (χ3v) is 2.86. The largest absolute Gasteiger partial charge is 0.272 e. The first-order chi connectivity index (χ1) is 9.59. The Balaban J connectivity index is 2.03. The highest BCUT2D eigenvalue weighted by atomic mass is 35.5. The van der Waals surface area contributed by atoms with Crippen molar-refractivity contribution in [1.29, 1.82) is 0 Å². The van der Waals surface area contributed by atoms with E-state index in [1.165, 1.54) is 24.3 Å². The molecular formula is C14H10ClFN2O2. The van der Waals surface area contributed by atoms with Crippen LogP contribution in [0.15, 0.2) is 48.5 Å². The van der Waals surface area contributed by atoms with Gasteiger partial charge in [-0.2, -0.15) is 0 Å². The van der Waals surface area contributed by atoms with Crippen molar-refractivity contribution in [2.75, 3.05) is 0 Å². The van der Waals surface area contributed by atoms with Crippen molar-refractivity contribution < 1.29 is 14.0 Å². The number of hydrazine groups is 1. The fourth-order valence-corrected chi connectivity index (χ4v) is 1.76. The summed E-state index contributed by atoms with van der Waals surface area (Å²) in [7, 11) is 0. The van der Waals surface area contributed by atoms with Crippen molar-refractivity contribution in [2.45, 2.75) is 0 Å². The van der Waals surface area contributed by atoms with Gasteiger partial charge in [0.05, 0.1) is 16.1 Å². The summed E-state index contributed by atoms with van der Waals surface area (Å²) in [6.07, 6.45) is 0. The van der Waals surface area contributed by atoms with Crippen LogP contribution in [0.3, 0.4) is 0 Å². The molecule has 0 bridgehead atoms. The van der Waals surface area contributed by atoms with E-state index in [4.69, 9.17) is 11.6 Å². The fourth-order valence-electron chi connectivity index (χ4n) is 1.54. The third-order valence-electron chi connectivity index (χ3n) is 2.53. The number of hydrogen-bond donors (Lipinski definition) is 2. The van der Waals surface area contributed by atoms with Crippen LogP contribution in [0.1, 0.15) is 20.7 Å². The first kappa shape index (κ1) is 14.0. The molecule has 2 amide bonds. The minimum atomic E-state index is -0.747. The Morgan fingerprint density at radius 2 is 1.35 bits per heavy atom. The molecule has 0 saturated heterocycles. The Morgan fingerprint density at radius 1 is 0.850 bits per heavy atom. The SMILES string of the molecule is O=C(NNC(=O)c1ccccc1Cl)c1ccccc1F. The summed E-state index contributed by atoms with van der Waals surface area (Å²) in [6.45, 7) is 0. The molecule has 0 aromatic heterocycles. The average Bonchev–Trinajstić information content (AvgIpc) is 2.45. The molecule has 20 heavy (non-hydrogen) atoms. The van der Waals surface area contributed by atoms with E-state index in [1.54, 1.807) is 18.2 Å². The van der Waals surface area contributed by atoms with Gasteiger partial charge < -0.3 is 0 Å². The molecule has 2 rings (SSSR count). The number of halogens is 2. The van der Waals surface area contributed by atoms with Crippen molar-refractivity contribution in [3.8, 4) is 0 Å². The molecule has 4 nitrogen and oxygen atoms in total. The topological polar surface area (TPSA) is 58.2 Å². The zero-order chi connectivity index (χ0) is 14.5. The van der Waals surface area contributed by atoms with E-state index >= 15 is 0 Å². The molecule has 2 aromatic rings. The standard InChI is InChI=1S/C14H10ClFN2O2/c15-11-7-3-1-5-9(11)13(19)17-18-14(20)10-6-2-4-8-12(10)16/h1-8H,(H,17,19)(H,18,20). The Morgan fingerprint density at radius 3 is 1.95 bits per heavy atom. The molecule has 0 atom stereocenters. The number of carbonyl (C=O) groups is 2. The summed E-state index contributed by atoms with van der Waals surface area (Å²) in [5, 5.41) is 0.255. The van der Waals surface area contributed by atoms with Gasteiger partial charge >= 0.3 is 0 Å². The van der Waals surface area contributed by atoms with Crippen LogP contribution in [0, 0.1) is 5.82 Å². The van der Waals surface area contributed by atoms with Gasteiger partial charge in [0, 0.05) is 0 Å². The second-order valence-corrected chi connectivity index (χ2v) is 4.28. The Labute approximate surface area is 119 Å². The maximum absolute atomic E-state index is 13.4. The monoisotopic (exact) mass is 292 g/mol. The van der Waals surface area contributed by atoms with Crippen molar-refractivity contribution in [3.63, 3.8) is 0 Å². The second kappa shape index (κ2) is 6.16. The molecule has 0 fully saturated rings. The molecule has 0 aliphatic rings. The Bertz CT molecular complexity index is 604. The molecular weight excluding hydrogens is 283 g/mol. The molecule has 0 aliphatic heterocycles. The second-order valence-electron chi connectivity index (χ2n) is 3.87. The van der Waals surface area contributed by atoms with Gasteiger partial charge in [0.25, 0.3) is 11.8 Å². The number of amides is 2. The van der Waals surface area contributed by atoms with Crippen molar-refractivity contribution in [2.24, 2.45) is 0 Å². The lowest BCUT2D eigenvalue weighted by molar-refractivity contribution is 0.0844. The van der Waals surface area contributed by atoms with E-state index in [0.717, 1.165) is 6.07 Å². The van der Waals surface area contributed by atoms with Gasteiger partial charge in [-0.3, -0.25) is 20.4 Å². The molecule has 6 heteroatoms. The summed E-state index contributed by atoms with van der Waals surface area (Å²) < 4.78 is 13.4. The number of hydrogen-bond acceptors (Lipinski definition) is 2. The van der Waals surface area contributed by atoms with Crippen molar-refractivity contribution in [1.82, 2.24) is 10.9 Å². The summed E-state index contributed by atoms with van der Waals surface area (Å²) >= 11 is 5.84. The zero-order valence-electron chi connectivity index (χ0n) is 10.2. The average molecular weight is 293 g/mol. The zero-order valence-corrected chi connectivity index (χ0v) is 10.9. The van der Waals surface area contributed by atoms with Crippen LogP contribution in [-0.2, 0) is 0 Å². The lowest BCUT2D eigenvalue weighted by atomic mass is 10.2. The lowest BCUT2D eigenvalue weighted by Gasteiger charge is -2.08. The van der Waals surface area contributed by atoms with Crippen LogP contribution in [0.25, 0.3) is 0 Å². The maximum atomic E-state index is 13.4. The highest BCUT2D eigenvalue weighted by molar-refractivity contribution is 6.33. The maximum Gasteiger partial charge on any atom is 0.272 e. The van der Waals surface area contributed by atoms with Gasteiger partial charge in [-0.25, -0.2) is 4.39 Å². The lowest BCUT2D eigenvalue weighted by Crippen LogP contribution is -2.42. The van der Waals surface area contributed by atoms with Crippen LogP contribution in [-0.4, -0.2) is 11.8 Å². The predicted octanol–water partition coefficient (Wildman–Crippen LogP) is 2.55. The van der Waals surface area contributed by atoms with Gasteiger partial charge in [-0.15, -0.1) is 0 Å². The number of nitrogens with one attached hydrogen (secondary N) is 2. The van der Waals surface area contributed by atoms with E-state index in [-0.39, 0.29) is 16.1 Å². The highest BCUT2D eigenvalue weighted by Crippen LogP contribution is 2.14. The Kier molecular flexibility index (Phi) is 4.32. The summed E-state index contributed by atoms with van der Waals surface area (Å²) in [6, 6.07) is 11.8. The highest BCUT2D eigenvalue weighted by Gasteiger charge is 2.13. The molecule has 0 aliphatic carbocycles. The quantitative estimate of drug-likeness (QED) is 0.836. The van der Waals surface area contributed by atoms with Crippen molar-refractivity contribution in [3.05, 3.63) is 70.5 Å². The molecule has 102 valence electrons. The molecule has 0 heterocycles. The number of benzene rings is 2. The van der Waals surface area contributed by atoms with E-state index in [2.05, 4.69) is 10.9 Å². The van der Waals surface area contributed by atoms with Gasteiger partial charge in [0.1, 0.15) is 5.82 Å². The minimum Gasteiger partial charge on any atom is -0.267 e. The van der Waals surface area contributed by atoms with Crippen LogP contribution in [0.2, 0.25) is 5.02 Å². The third kappa shape index (κ3) is 3.13. The predicted molar refractivity (Wildman–Crippen MR) is 72.8 cm³/mol. The van der Waals surface area contributed by atoms with Gasteiger partial charge in [0.15, 0.2) is 0 Å². The molecule has 2 aromatic carbocycles.